The van der Waals surface area contributed by atoms with E-state index in [1.165, 1.54) is 11.3 Å². The molecule has 0 unspecified atom stereocenters. The number of amides is 1. The summed E-state index contributed by atoms with van der Waals surface area (Å²) in [5.41, 5.74) is 5.71. The number of carbonyl (C=O) groups excluding carboxylic acids is 1. The summed E-state index contributed by atoms with van der Waals surface area (Å²) in [6.45, 7) is 8.26. The average Bonchev–Trinajstić information content (AvgIpc) is 2.68. The molecule has 0 aliphatic heterocycles. The average molecular weight is 412 g/mol. The summed E-state index contributed by atoms with van der Waals surface area (Å²) in [5, 5.41) is 0. The fraction of sp³-hybridized carbons (Fsp3) is 0.615. The van der Waals surface area contributed by atoms with Gasteiger partial charge in [0.05, 0.1) is 8.66 Å². The molecule has 0 bridgehead atoms. The van der Waals surface area contributed by atoms with E-state index in [0.29, 0.717) is 13.1 Å². The number of halogens is 2. The largest absolute Gasteiger partial charge is 0.337 e. The van der Waals surface area contributed by atoms with Gasteiger partial charge >= 0.3 is 0 Å². The van der Waals surface area contributed by atoms with E-state index in [0.717, 1.165) is 26.1 Å². The van der Waals surface area contributed by atoms with Crippen molar-refractivity contribution in [1.29, 1.82) is 0 Å². The molecule has 0 spiro atoms. The lowest BCUT2D eigenvalue weighted by atomic mass is 9.93. The first-order chi connectivity index (χ1) is 8.80. The second-order valence-corrected chi connectivity index (χ2v) is 8.55. The minimum Gasteiger partial charge on any atom is -0.337 e. The van der Waals surface area contributed by atoms with Gasteiger partial charge in [-0.1, -0.05) is 20.8 Å². The van der Waals surface area contributed by atoms with Crippen molar-refractivity contribution >= 4 is 49.1 Å². The smallest absolute Gasteiger partial charge is 0.264 e. The lowest BCUT2D eigenvalue weighted by Gasteiger charge is -2.31. The van der Waals surface area contributed by atoms with Gasteiger partial charge in [0.25, 0.3) is 5.91 Å². The fourth-order valence-electron chi connectivity index (χ4n) is 1.71. The Hall–Kier alpha value is 0.0900. The monoisotopic (exact) mass is 410 g/mol. The number of nitrogens with zero attached hydrogens (tertiary/aromatic N) is 1. The normalized spacial score (nSPS) is 11.7. The molecule has 0 aromatic carbocycles. The number of carbonyl (C=O) groups is 1. The Labute approximate surface area is 135 Å². The molecule has 6 heteroatoms. The molecular formula is C13H20Br2N2OS. The van der Waals surface area contributed by atoms with Crippen molar-refractivity contribution in [3.05, 3.63) is 19.2 Å². The minimum atomic E-state index is -0.0590. The Morgan fingerprint density at radius 3 is 2.53 bits per heavy atom. The Balaban J connectivity index is 2.89. The molecule has 108 valence electrons. The lowest BCUT2D eigenvalue weighted by molar-refractivity contribution is 0.0694. The maximum atomic E-state index is 12.5. The quantitative estimate of drug-likeness (QED) is 0.765. The third kappa shape index (κ3) is 4.85. The summed E-state index contributed by atoms with van der Waals surface area (Å²) < 4.78 is 1.88. The van der Waals surface area contributed by atoms with Crippen LogP contribution in [-0.2, 0) is 0 Å². The Morgan fingerprint density at radius 1 is 1.47 bits per heavy atom. The first kappa shape index (κ1) is 17.1. The van der Waals surface area contributed by atoms with Crippen molar-refractivity contribution in [3.8, 4) is 0 Å². The van der Waals surface area contributed by atoms with E-state index >= 15 is 0 Å². The zero-order chi connectivity index (χ0) is 14.6. The molecule has 0 radical (unpaired) electrons. The van der Waals surface area contributed by atoms with Gasteiger partial charge in [-0.05, 0) is 56.3 Å². The molecule has 0 aliphatic rings. The van der Waals surface area contributed by atoms with Crippen LogP contribution in [0.1, 0.15) is 36.9 Å². The van der Waals surface area contributed by atoms with Crippen LogP contribution in [0.4, 0.5) is 0 Å². The van der Waals surface area contributed by atoms with Crippen molar-refractivity contribution in [1.82, 2.24) is 4.90 Å². The third-order valence-electron chi connectivity index (χ3n) is 2.81. The predicted octanol–water partition coefficient (Wildman–Crippen LogP) is 4.11. The second-order valence-electron chi connectivity index (χ2n) is 5.33. The van der Waals surface area contributed by atoms with Crippen molar-refractivity contribution in [3.63, 3.8) is 0 Å². The van der Waals surface area contributed by atoms with Gasteiger partial charge in [0.1, 0.15) is 0 Å². The highest BCUT2D eigenvalue weighted by Gasteiger charge is 2.25. The first-order valence-electron chi connectivity index (χ1n) is 6.25. The molecule has 1 rings (SSSR count). The third-order valence-corrected chi connectivity index (χ3v) is 6.05. The SMILES string of the molecule is CCCN(CC(C)(C)CN)C(=O)c1cc(Br)c(Br)s1. The topological polar surface area (TPSA) is 46.3 Å². The van der Waals surface area contributed by atoms with E-state index in [1.807, 2.05) is 11.0 Å². The summed E-state index contributed by atoms with van der Waals surface area (Å²) in [5.74, 6) is 0.0831. The molecule has 0 saturated heterocycles. The van der Waals surface area contributed by atoms with Crippen molar-refractivity contribution < 1.29 is 4.79 Å². The van der Waals surface area contributed by atoms with Crippen LogP contribution >= 0.6 is 43.2 Å². The maximum Gasteiger partial charge on any atom is 0.264 e. The zero-order valence-electron chi connectivity index (χ0n) is 11.5. The maximum absolute atomic E-state index is 12.5. The number of nitrogens with two attached hydrogens (primary N) is 1. The van der Waals surface area contributed by atoms with Crippen LogP contribution in [0, 0.1) is 5.41 Å². The highest BCUT2D eigenvalue weighted by atomic mass is 79.9. The molecular weight excluding hydrogens is 392 g/mol. The van der Waals surface area contributed by atoms with E-state index in [-0.39, 0.29) is 11.3 Å². The number of thiophene rings is 1. The number of rotatable bonds is 6. The van der Waals surface area contributed by atoms with E-state index in [2.05, 4.69) is 52.6 Å². The van der Waals surface area contributed by atoms with Crippen LogP contribution in [0.3, 0.4) is 0 Å². The van der Waals surface area contributed by atoms with E-state index in [4.69, 9.17) is 5.73 Å². The molecule has 1 aromatic rings. The molecule has 0 aliphatic carbocycles. The van der Waals surface area contributed by atoms with Crippen molar-refractivity contribution in [2.45, 2.75) is 27.2 Å². The van der Waals surface area contributed by atoms with Crippen LogP contribution in [-0.4, -0.2) is 30.4 Å². The van der Waals surface area contributed by atoms with Crippen LogP contribution in [0.15, 0.2) is 14.3 Å². The Morgan fingerprint density at radius 2 is 2.11 bits per heavy atom. The lowest BCUT2D eigenvalue weighted by Crippen LogP contribution is -2.42. The fourth-order valence-corrected chi connectivity index (χ4v) is 3.71. The van der Waals surface area contributed by atoms with Gasteiger partial charge in [-0.3, -0.25) is 4.79 Å². The highest BCUT2D eigenvalue weighted by Crippen LogP contribution is 2.33. The van der Waals surface area contributed by atoms with Gasteiger partial charge in [0.15, 0.2) is 0 Å². The van der Waals surface area contributed by atoms with Gasteiger partial charge in [-0.25, -0.2) is 0 Å². The summed E-state index contributed by atoms with van der Waals surface area (Å²) in [4.78, 5) is 15.2. The van der Waals surface area contributed by atoms with E-state index < -0.39 is 0 Å². The van der Waals surface area contributed by atoms with Crippen LogP contribution in [0.25, 0.3) is 0 Å². The summed E-state index contributed by atoms with van der Waals surface area (Å²) >= 11 is 8.31. The second kappa shape index (κ2) is 7.20. The summed E-state index contributed by atoms with van der Waals surface area (Å²) in [6.07, 6.45) is 0.945. The molecule has 0 saturated carbocycles. The number of hydrogen-bond acceptors (Lipinski definition) is 3. The van der Waals surface area contributed by atoms with Gasteiger partial charge in [-0.2, -0.15) is 0 Å². The van der Waals surface area contributed by atoms with Crippen molar-refractivity contribution in [2.24, 2.45) is 11.1 Å². The molecule has 19 heavy (non-hydrogen) atoms. The summed E-state index contributed by atoms with van der Waals surface area (Å²) in [6, 6.07) is 1.87. The molecule has 1 aromatic heterocycles. The van der Waals surface area contributed by atoms with Gasteiger partial charge in [0, 0.05) is 17.6 Å². The molecule has 2 N–H and O–H groups in total. The molecule has 1 amide bonds. The molecule has 0 fully saturated rings. The van der Waals surface area contributed by atoms with Gasteiger partial charge < -0.3 is 10.6 Å². The predicted molar refractivity (Wildman–Crippen MR) is 88.7 cm³/mol. The van der Waals surface area contributed by atoms with Crippen LogP contribution < -0.4 is 5.73 Å². The standard InChI is InChI=1S/C13H20Br2N2OS/c1-4-5-17(8-13(2,3)7-16)12(18)10-6-9(14)11(15)19-10/h6H,4-5,7-8,16H2,1-3H3. The number of hydrogen-bond donors (Lipinski definition) is 1. The Bertz CT molecular complexity index is 426. The van der Waals surface area contributed by atoms with Crippen molar-refractivity contribution in [2.75, 3.05) is 19.6 Å². The molecule has 0 atom stereocenters. The van der Waals surface area contributed by atoms with Crippen LogP contribution in [0.5, 0.6) is 0 Å². The summed E-state index contributed by atoms with van der Waals surface area (Å²) in [7, 11) is 0. The van der Waals surface area contributed by atoms with E-state index in [9.17, 15) is 4.79 Å². The molecule has 3 nitrogen and oxygen atoms in total. The van der Waals surface area contributed by atoms with Gasteiger partial charge in [-0.15, -0.1) is 11.3 Å². The molecule has 1 heterocycles. The zero-order valence-corrected chi connectivity index (χ0v) is 15.5. The highest BCUT2D eigenvalue weighted by molar-refractivity contribution is 9.13. The Kier molecular flexibility index (Phi) is 6.50. The minimum absolute atomic E-state index is 0.0590. The van der Waals surface area contributed by atoms with E-state index in [1.54, 1.807) is 0 Å². The van der Waals surface area contributed by atoms with Crippen LogP contribution in [0.2, 0.25) is 0 Å². The van der Waals surface area contributed by atoms with Gasteiger partial charge in [0.2, 0.25) is 0 Å². The first-order valence-corrected chi connectivity index (χ1v) is 8.65.